The lowest BCUT2D eigenvalue weighted by Gasteiger charge is -2.27. The van der Waals surface area contributed by atoms with Gasteiger partial charge < -0.3 is 16.0 Å². The van der Waals surface area contributed by atoms with Gasteiger partial charge in [0.05, 0.1) is 0 Å². The number of carbonyl (C=O) groups is 2. The van der Waals surface area contributed by atoms with Crippen LogP contribution in [0, 0.1) is 12.8 Å². The van der Waals surface area contributed by atoms with Gasteiger partial charge in [-0.05, 0) is 56.5 Å². The van der Waals surface area contributed by atoms with Crippen LogP contribution >= 0.6 is 0 Å². The van der Waals surface area contributed by atoms with E-state index in [9.17, 15) is 9.59 Å². The summed E-state index contributed by atoms with van der Waals surface area (Å²) < 4.78 is 0. The number of carbonyl (C=O) groups excluding carboxylic acids is 2. The van der Waals surface area contributed by atoms with Crippen molar-refractivity contribution in [1.82, 2.24) is 16.0 Å². The van der Waals surface area contributed by atoms with Crippen molar-refractivity contribution in [3.05, 3.63) is 70.8 Å². The van der Waals surface area contributed by atoms with Gasteiger partial charge in [-0.15, -0.1) is 0 Å². The highest BCUT2D eigenvalue weighted by Crippen LogP contribution is 2.16. The normalized spacial score (nSPS) is 19.1. The van der Waals surface area contributed by atoms with E-state index in [0.717, 1.165) is 30.5 Å². The molecule has 3 rings (SSSR count). The molecule has 1 fully saturated rings. The van der Waals surface area contributed by atoms with Crippen LogP contribution in [0.5, 0.6) is 0 Å². The molecule has 148 valence electrons. The fraction of sp³-hybridized carbons (Fsp3) is 0.391. The number of aryl methyl sites for hydroxylation is 1. The van der Waals surface area contributed by atoms with Crippen molar-refractivity contribution in [2.24, 2.45) is 5.92 Å². The van der Waals surface area contributed by atoms with Gasteiger partial charge in [-0.2, -0.15) is 0 Å². The molecule has 5 nitrogen and oxygen atoms in total. The molecule has 0 saturated carbocycles. The molecule has 0 bridgehead atoms. The lowest BCUT2D eigenvalue weighted by Crippen LogP contribution is -2.42. The van der Waals surface area contributed by atoms with E-state index in [4.69, 9.17) is 0 Å². The second-order valence-electron chi connectivity index (χ2n) is 7.66. The minimum absolute atomic E-state index is 0.0669. The van der Waals surface area contributed by atoms with Gasteiger partial charge in [0.25, 0.3) is 5.91 Å². The standard InChI is InChI=1S/C23H29N3O2/c1-16-6-8-18(9-7-16)14-25-22(27)20-5-3-4-19(13-20)15-26-23(28)21-10-11-24-17(2)12-21/h3-9,13,17,21,24H,10-12,14-15H2,1-2H3,(H,25,27)(H,26,28)/t17-,21-/m0/s1. The quantitative estimate of drug-likeness (QED) is 0.723. The number of nitrogens with one attached hydrogen (secondary N) is 3. The molecule has 3 N–H and O–H groups in total. The lowest BCUT2D eigenvalue weighted by atomic mass is 9.92. The van der Waals surface area contributed by atoms with Crippen LogP contribution < -0.4 is 16.0 Å². The molecule has 0 aromatic heterocycles. The molecular weight excluding hydrogens is 350 g/mol. The number of rotatable bonds is 6. The average Bonchev–Trinajstić information content (AvgIpc) is 2.71. The van der Waals surface area contributed by atoms with Crippen molar-refractivity contribution in [3.63, 3.8) is 0 Å². The first kappa shape index (κ1) is 20.1. The third-order valence-electron chi connectivity index (χ3n) is 5.22. The summed E-state index contributed by atoms with van der Waals surface area (Å²) in [5.41, 5.74) is 3.80. The summed E-state index contributed by atoms with van der Waals surface area (Å²) in [4.78, 5) is 24.9. The fourth-order valence-corrected chi connectivity index (χ4v) is 3.52. The van der Waals surface area contributed by atoms with Crippen LogP contribution in [0.2, 0.25) is 0 Å². The molecule has 2 atom stereocenters. The van der Waals surface area contributed by atoms with Crippen LogP contribution in [0.4, 0.5) is 0 Å². The number of hydrogen-bond acceptors (Lipinski definition) is 3. The molecule has 1 aliphatic rings. The molecule has 0 spiro atoms. The summed E-state index contributed by atoms with van der Waals surface area (Å²) in [6.45, 7) is 5.97. The van der Waals surface area contributed by atoms with E-state index >= 15 is 0 Å². The van der Waals surface area contributed by atoms with Gasteiger partial charge in [-0.3, -0.25) is 9.59 Å². The Morgan fingerprint density at radius 1 is 1.04 bits per heavy atom. The maximum Gasteiger partial charge on any atom is 0.251 e. The van der Waals surface area contributed by atoms with Crippen molar-refractivity contribution >= 4 is 11.8 Å². The van der Waals surface area contributed by atoms with Gasteiger partial charge >= 0.3 is 0 Å². The molecule has 2 amide bonds. The maximum atomic E-state index is 12.5. The molecule has 0 aliphatic carbocycles. The van der Waals surface area contributed by atoms with Crippen LogP contribution in [-0.2, 0) is 17.9 Å². The second-order valence-corrected chi connectivity index (χ2v) is 7.66. The van der Waals surface area contributed by atoms with E-state index in [-0.39, 0.29) is 17.7 Å². The zero-order valence-electron chi connectivity index (χ0n) is 16.6. The molecule has 1 aliphatic heterocycles. The van der Waals surface area contributed by atoms with Gasteiger partial charge in [0.2, 0.25) is 5.91 Å². The maximum absolute atomic E-state index is 12.5. The molecular formula is C23H29N3O2. The number of piperidine rings is 1. The van der Waals surface area contributed by atoms with E-state index < -0.39 is 0 Å². The first-order valence-electron chi connectivity index (χ1n) is 9.95. The van der Waals surface area contributed by atoms with Crippen LogP contribution in [-0.4, -0.2) is 24.4 Å². The molecule has 1 heterocycles. The summed E-state index contributed by atoms with van der Waals surface area (Å²) in [6, 6.07) is 15.9. The predicted octanol–water partition coefficient (Wildman–Crippen LogP) is 2.93. The SMILES string of the molecule is Cc1ccc(CNC(=O)c2cccc(CNC(=O)[C@H]3CCN[C@@H](C)C3)c2)cc1. The minimum Gasteiger partial charge on any atom is -0.352 e. The Morgan fingerprint density at radius 2 is 1.79 bits per heavy atom. The molecule has 5 heteroatoms. The van der Waals surface area contributed by atoms with E-state index in [1.165, 1.54) is 5.56 Å². The smallest absolute Gasteiger partial charge is 0.251 e. The van der Waals surface area contributed by atoms with Crippen molar-refractivity contribution in [2.75, 3.05) is 6.54 Å². The summed E-state index contributed by atoms with van der Waals surface area (Å²) in [6.07, 6.45) is 1.74. The van der Waals surface area contributed by atoms with E-state index in [1.54, 1.807) is 6.07 Å². The van der Waals surface area contributed by atoms with E-state index in [1.807, 2.05) is 49.4 Å². The Hall–Kier alpha value is -2.66. The minimum atomic E-state index is -0.110. The summed E-state index contributed by atoms with van der Waals surface area (Å²) in [5, 5.41) is 9.33. The molecule has 1 saturated heterocycles. The third-order valence-corrected chi connectivity index (χ3v) is 5.22. The number of hydrogen-bond donors (Lipinski definition) is 3. The van der Waals surface area contributed by atoms with Crippen molar-refractivity contribution in [2.45, 2.75) is 45.8 Å². The molecule has 2 aromatic rings. The Morgan fingerprint density at radius 3 is 2.54 bits per heavy atom. The third kappa shape index (κ3) is 5.67. The number of amides is 2. The average molecular weight is 380 g/mol. The van der Waals surface area contributed by atoms with Crippen molar-refractivity contribution < 1.29 is 9.59 Å². The summed E-state index contributed by atoms with van der Waals surface area (Å²) in [7, 11) is 0. The van der Waals surface area contributed by atoms with Crippen molar-refractivity contribution in [1.29, 1.82) is 0 Å². The lowest BCUT2D eigenvalue weighted by molar-refractivity contribution is -0.126. The Kier molecular flexibility index (Phi) is 6.82. The Balaban J connectivity index is 1.52. The van der Waals surface area contributed by atoms with Gasteiger partial charge in [0.15, 0.2) is 0 Å². The Bertz CT molecular complexity index is 817. The highest BCUT2D eigenvalue weighted by molar-refractivity contribution is 5.94. The second kappa shape index (κ2) is 9.51. The number of benzene rings is 2. The van der Waals surface area contributed by atoms with Gasteiger partial charge in [-0.25, -0.2) is 0 Å². The summed E-state index contributed by atoms with van der Waals surface area (Å²) >= 11 is 0. The first-order chi connectivity index (χ1) is 13.5. The largest absolute Gasteiger partial charge is 0.352 e. The van der Waals surface area contributed by atoms with Crippen LogP contribution in [0.3, 0.4) is 0 Å². The molecule has 28 heavy (non-hydrogen) atoms. The molecule has 0 radical (unpaired) electrons. The zero-order valence-corrected chi connectivity index (χ0v) is 16.6. The van der Waals surface area contributed by atoms with Gasteiger partial charge in [0, 0.05) is 30.6 Å². The van der Waals surface area contributed by atoms with Gasteiger partial charge in [-0.1, -0.05) is 42.0 Å². The monoisotopic (exact) mass is 379 g/mol. The zero-order chi connectivity index (χ0) is 19.9. The highest BCUT2D eigenvalue weighted by atomic mass is 16.2. The van der Waals surface area contributed by atoms with Crippen molar-refractivity contribution in [3.8, 4) is 0 Å². The topological polar surface area (TPSA) is 70.2 Å². The van der Waals surface area contributed by atoms with E-state index in [0.29, 0.717) is 24.7 Å². The molecule has 0 unspecified atom stereocenters. The van der Waals surface area contributed by atoms with Crippen LogP contribution in [0.15, 0.2) is 48.5 Å². The fourth-order valence-electron chi connectivity index (χ4n) is 3.52. The summed E-state index contributed by atoms with van der Waals surface area (Å²) in [5.74, 6) is 0.0562. The van der Waals surface area contributed by atoms with E-state index in [2.05, 4.69) is 22.9 Å². The Labute approximate surface area is 166 Å². The van der Waals surface area contributed by atoms with Crippen LogP contribution in [0.25, 0.3) is 0 Å². The molecule has 2 aromatic carbocycles. The predicted molar refractivity (Wildman–Crippen MR) is 111 cm³/mol. The highest BCUT2D eigenvalue weighted by Gasteiger charge is 2.24. The van der Waals surface area contributed by atoms with Gasteiger partial charge in [0.1, 0.15) is 0 Å². The van der Waals surface area contributed by atoms with Crippen LogP contribution in [0.1, 0.15) is 46.8 Å². The first-order valence-corrected chi connectivity index (χ1v) is 9.95.